The van der Waals surface area contributed by atoms with Crippen molar-refractivity contribution in [3.63, 3.8) is 0 Å². The number of likely N-dealkylation sites (tertiary alicyclic amines) is 1. The molecule has 2 heterocycles. The minimum atomic E-state index is -1.00. The molecule has 0 radical (unpaired) electrons. The number of aromatic carboxylic acids is 1. The smallest absolute Gasteiger partial charge is 0.338 e. The summed E-state index contributed by atoms with van der Waals surface area (Å²) in [6.45, 7) is 1.06. The van der Waals surface area contributed by atoms with Crippen molar-refractivity contribution in [3.8, 4) is 17.2 Å². The number of methoxy groups -OCH3 is 3. The summed E-state index contributed by atoms with van der Waals surface area (Å²) in [6, 6.07) is 3.32. The molecule has 3 rings (SSSR count). The first-order valence-electron chi connectivity index (χ1n) is 8.85. The number of piperidine rings is 1. The topological polar surface area (TPSA) is 103 Å². The van der Waals surface area contributed by atoms with Crippen molar-refractivity contribution < 1.29 is 28.9 Å². The third-order valence-corrected chi connectivity index (χ3v) is 4.91. The van der Waals surface area contributed by atoms with E-state index in [4.69, 9.17) is 19.3 Å². The van der Waals surface area contributed by atoms with Crippen molar-refractivity contribution in [2.45, 2.75) is 18.9 Å². The Labute approximate surface area is 162 Å². The van der Waals surface area contributed by atoms with Crippen LogP contribution in [0.15, 0.2) is 24.5 Å². The van der Waals surface area contributed by atoms with Gasteiger partial charge in [0.15, 0.2) is 11.5 Å². The average Bonchev–Trinajstić information content (AvgIpc) is 3.23. The second-order valence-electron chi connectivity index (χ2n) is 6.45. The largest absolute Gasteiger partial charge is 0.496 e. The van der Waals surface area contributed by atoms with Gasteiger partial charge in [-0.2, -0.15) is 5.10 Å². The molecule has 0 aliphatic carbocycles. The van der Waals surface area contributed by atoms with E-state index in [-0.39, 0.29) is 17.5 Å². The van der Waals surface area contributed by atoms with E-state index in [9.17, 15) is 9.59 Å². The number of carboxylic acid groups (broad SMARTS) is 1. The van der Waals surface area contributed by atoms with Crippen LogP contribution in [0.5, 0.6) is 17.2 Å². The van der Waals surface area contributed by atoms with Crippen LogP contribution in [0.4, 0.5) is 0 Å². The van der Waals surface area contributed by atoms with E-state index in [2.05, 4.69) is 5.10 Å². The normalized spacial score (nSPS) is 14.6. The van der Waals surface area contributed by atoms with Gasteiger partial charge in [-0.3, -0.25) is 9.48 Å². The lowest BCUT2D eigenvalue weighted by atomic mass is 10.0. The highest BCUT2D eigenvalue weighted by atomic mass is 16.5. The van der Waals surface area contributed by atoms with Gasteiger partial charge in [0, 0.05) is 31.4 Å². The zero-order chi connectivity index (χ0) is 20.3. The summed E-state index contributed by atoms with van der Waals surface area (Å²) in [5.74, 6) is 0.215. The molecule has 2 aromatic rings. The molecule has 9 heteroatoms. The summed E-state index contributed by atoms with van der Waals surface area (Å²) in [5, 5.41) is 13.2. The molecule has 1 N–H and O–H groups in total. The van der Waals surface area contributed by atoms with Crippen molar-refractivity contribution in [3.05, 3.63) is 35.7 Å². The Bertz CT molecular complexity index is 871. The zero-order valence-corrected chi connectivity index (χ0v) is 16.0. The number of carboxylic acids is 1. The second-order valence-corrected chi connectivity index (χ2v) is 6.45. The van der Waals surface area contributed by atoms with Crippen molar-refractivity contribution in [1.29, 1.82) is 0 Å². The van der Waals surface area contributed by atoms with Crippen molar-refractivity contribution in [1.82, 2.24) is 14.7 Å². The van der Waals surface area contributed by atoms with E-state index < -0.39 is 5.97 Å². The lowest BCUT2D eigenvalue weighted by Crippen LogP contribution is -2.39. The molecular weight excluding hydrogens is 366 g/mol. The highest BCUT2D eigenvalue weighted by Crippen LogP contribution is 2.36. The summed E-state index contributed by atoms with van der Waals surface area (Å²) in [5.41, 5.74) is 0.569. The van der Waals surface area contributed by atoms with Crippen LogP contribution >= 0.6 is 0 Å². The van der Waals surface area contributed by atoms with E-state index in [1.807, 2.05) is 0 Å². The molecule has 0 saturated carbocycles. The van der Waals surface area contributed by atoms with Gasteiger partial charge >= 0.3 is 5.97 Å². The highest BCUT2D eigenvalue weighted by Gasteiger charge is 2.28. The van der Waals surface area contributed by atoms with E-state index in [1.54, 1.807) is 21.7 Å². The number of hydrogen-bond donors (Lipinski definition) is 1. The maximum Gasteiger partial charge on any atom is 0.338 e. The molecule has 1 aliphatic rings. The van der Waals surface area contributed by atoms with Crippen molar-refractivity contribution in [2.75, 3.05) is 34.4 Å². The van der Waals surface area contributed by atoms with Crippen LogP contribution in [0.1, 0.15) is 39.6 Å². The number of carbonyl (C=O) groups excluding carboxylic acids is 1. The predicted octanol–water partition coefficient (Wildman–Crippen LogP) is 2.08. The molecular formula is C19H23N3O6. The monoisotopic (exact) mass is 389 g/mol. The summed E-state index contributed by atoms with van der Waals surface area (Å²) in [6.07, 6.45) is 4.24. The van der Waals surface area contributed by atoms with Gasteiger partial charge in [-0.1, -0.05) is 0 Å². The molecule has 1 saturated heterocycles. The Kier molecular flexibility index (Phi) is 5.72. The molecule has 0 bridgehead atoms. The summed E-state index contributed by atoms with van der Waals surface area (Å²) in [7, 11) is 4.54. The number of rotatable bonds is 6. The highest BCUT2D eigenvalue weighted by molar-refractivity contribution is 5.98. The molecule has 1 aromatic heterocycles. The molecule has 1 aliphatic heterocycles. The number of carbonyl (C=O) groups is 2. The maximum absolute atomic E-state index is 13.0. The maximum atomic E-state index is 13.0. The average molecular weight is 389 g/mol. The number of hydrogen-bond acceptors (Lipinski definition) is 6. The SMILES string of the molecule is COc1cc(OC)c(C(=O)N2CCC(n3cc(C(=O)O)cn3)CC2)cc1OC. The lowest BCUT2D eigenvalue weighted by molar-refractivity contribution is 0.0684. The van der Waals surface area contributed by atoms with Gasteiger partial charge in [0.05, 0.1) is 44.7 Å². The first-order chi connectivity index (χ1) is 13.5. The van der Waals surface area contributed by atoms with Gasteiger partial charge in [-0.25, -0.2) is 4.79 Å². The van der Waals surface area contributed by atoms with E-state index >= 15 is 0 Å². The Morgan fingerprint density at radius 2 is 1.64 bits per heavy atom. The van der Waals surface area contributed by atoms with Crippen molar-refractivity contribution >= 4 is 11.9 Å². The van der Waals surface area contributed by atoms with Crippen LogP contribution in [0.2, 0.25) is 0 Å². The molecule has 0 atom stereocenters. The summed E-state index contributed by atoms with van der Waals surface area (Å²) >= 11 is 0. The number of aromatic nitrogens is 2. The van der Waals surface area contributed by atoms with E-state index in [0.29, 0.717) is 48.7 Å². The minimum Gasteiger partial charge on any atom is -0.496 e. The molecule has 1 fully saturated rings. The fourth-order valence-corrected chi connectivity index (χ4v) is 3.35. The van der Waals surface area contributed by atoms with Crippen LogP contribution < -0.4 is 14.2 Å². The minimum absolute atomic E-state index is 0.0597. The first-order valence-corrected chi connectivity index (χ1v) is 8.85. The lowest BCUT2D eigenvalue weighted by Gasteiger charge is -2.32. The predicted molar refractivity (Wildman–Crippen MR) is 99.5 cm³/mol. The fraction of sp³-hybridized carbons (Fsp3) is 0.421. The van der Waals surface area contributed by atoms with Crippen LogP contribution in [-0.2, 0) is 0 Å². The first kappa shape index (κ1) is 19.5. The van der Waals surface area contributed by atoms with Gasteiger partial charge in [0.2, 0.25) is 0 Å². The summed E-state index contributed by atoms with van der Waals surface area (Å²) in [4.78, 5) is 25.8. The zero-order valence-electron chi connectivity index (χ0n) is 16.0. The fourth-order valence-electron chi connectivity index (χ4n) is 3.35. The van der Waals surface area contributed by atoms with Crippen LogP contribution in [0.25, 0.3) is 0 Å². The molecule has 28 heavy (non-hydrogen) atoms. The van der Waals surface area contributed by atoms with Gasteiger partial charge in [0.1, 0.15) is 5.75 Å². The number of ether oxygens (including phenoxy) is 3. The quantitative estimate of drug-likeness (QED) is 0.807. The van der Waals surface area contributed by atoms with Crippen molar-refractivity contribution in [2.24, 2.45) is 0 Å². The van der Waals surface area contributed by atoms with Gasteiger partial charge in [-0.05, 0) is 12.8 Å². The Hall–Kier alpha value is -3.23. The Morgan fingerprint density at radius 1 is 1.04 bits per heavy atom. The van der Waals surface area contributed by atoms with Crippen LogP contribution in [-0.4, -0.2) is 66.1 Å². The third kappa shape index (κ3) is 3.73. The molecule has 0 unspecified atom stereocenters. The molecule has 0 spiro atoms. The van der Waals surface area contributed by atoms with Gasteiger partial charge in [-0.15, -0.1) is 0 Å². The van der Waals surface area contributed by atoms with E-state index in [0.717, 1.165) is 0 Å². The summed E-state index contributed by atoms with van der Waals surface area (Å²) < 4.78 is 17.6. The molecule has 9 nitrogen and oxygen atoms in total. The number of amides is 1. The Balaban J connectivity index is 1.73. The third-order valence-electron chi connectivity index (χ3n) is 4.91. The standard InChI is InChI=1S/C19H23N3O6/c1-26-15-9-17(28-3)16(27-2)8-14(15)18(23)21-6-4-13(5-7-21)22-11-12(10-20-22)19(24)25/h8-11,13H,4-7H2,1-3H3,(H,24,25). The second kappa shape index (κ2) is 8.20. The van der Waals surface area contributed by atoms with E-state index in [1.165, 1.54) is 33.7 Å². The molecule has 1 amide bonds. The van der Waals surface area contributed by atoms with Crippen LogP contribution in [0.3, 0.4) is 0 Å². The molecule has 150 valence electrons. The van der Waals surface area contributed by atoms with Crippen LogP contribution in [0, 0.1) is 0 Å². The molecule has 1 aromatic carbocycles. The van der Waals surface area contributed by atoms with Gasteiger partial charge < -0.3 is 24.2 Å². The Morgan fingerprint density at radius 3 is 2.18 bits per heavy atom. The van der Waals surface area contributed by atoms with Gasteiger partial charge in [0.25, 0.3) is 5.91 Å². The number of benzene rings is 1. The number of nitrogens with zero attached hydrogens (tertiary/aromatic N) is 3.